The van der Waals surface area contributed by atoms with Crippen molar-refractivity contribution in [2.24, 2.45) is 5.92 Å². The molecule has 2 heterocycles. The van der Waals surface area contributed by atoms with Gasteiger partial charge < -0.3 is 14.2 Å². The SMILES string of the molecule is CN(C)C(=O)C1CCN(c2nnc(Cc3ccccc3)o2)CC1. The van der Waals surface area contributed by atoms with Gasteiger partial charge in [-0.25, -0.2) is 0 Å². The third-order valence-corrected chi connectivity index (χ3v) is 4.21. The molecule has 1 fully saturated rings. The van der Waals surface area contributed by atoms with Crippen molar-refractivity contribution in [1.29, 1.82) is 0 Å². The van der Waals surface area contributed by atoms with Gasteiger partial charge in [0.25, 0.3) is 0 Å². The third-order valence-electron chi connectivity index (χ3n) is 4.21. The van der Waals surface area contributed by atoms with Crippen molar-refractivity contribution in [1.82, 2.24) is 15.1 Å². The van der Waals surface area contributed by atoms with E-state index in [4.69, 9.17) is 4.42 Å². The summed E-state index contributed by atoms with van der Waals surface area (Å²) in [5, 5.41) is 8.29. The number of aromatic nitrogens is 2. The second-order valence-corrected chi connectivity index (χ2v) is 6.13. The van der Waals surface area contributed by atoms with Crippen molar-refractivity contribution < 1.29 is 9.21 Å². The zero-order valence-corrected chi connectivity index (χ0v) is 13.6. The molecule has 2 aromatic rings. The summed E-state index contributed by atoms with van der Waals surface area (Å²) < 4.78 is 5.78. The number of piperidine rings is 1. The highest BCUT2D eigenvalue weighted by atomic mass is 16.4. The molecule has 122 valence electrons. The molecule has 1 aliphatic rings. The van der Waals surface area contributed by atoms with Gasteiger partial charge in [-0.05, 0) is 18.4 Å². The Bertz CT molecular complexity index is 646. The van der Waals surface area contributed by atoms with Gasteiger partial charge in [0.05, 0.1) is 6.42 Å². The predicted octanol–water partition coefficient (Wildman–Crippen LogP) is 1.96. The van der Waals surface area contributed by atoms with Crippen LogP contribution >= 0.6 is 0 Å². The maximum atomic E-state index is 12.0. The fourth-order valence-electron chi connectivity index (χ4n) is 2.90. The van der Waals surface area contributed by atoms with Crippen LogP contribution < -0.4 is 4.90 Å². The molecule has 1 saturated heterocycles. The van der Waals surface area contributed by atoms with Gasteiger partial charge in [-0.15, -0.1) is 5.10 Å². The van der Waals surface area contributed by atoms with Gasteiger partial charge in [0.15, 0.2) is 0 Å². The molecule has 1 aromatic heterocycles. The highest BCUT2D eigenvalue weighted by Gasteiger charge is 2.28. The maximum absolute atomic E-state index is 12.0. The van der Waals surface area contributed by atoms with E-state index >= 15 is 0 Å². The lowest BCUT2D eigenvalue weighted by atomic mass is 9.96. The van der Waals surface area contributed by atoms with Gasteiger partial charge in [0, 0.05) is 33.1 Å². The molecule has 0 unspecified atom stereocenters. The molecule has 6 heteroatoms. The lowest BCUT2D eigenvalue weighted by Crippen LogP contribution is -2.40. The zero-order valence-electron chi connectivity index (χ0n) is 13.6. The average Bonchev–Trinajstić information content (AvgIpc) is 3.03. The van der Waals surface area contributed by atoms with Crippen molar-refractivity contribution in [3.05, 3.63) is 41.8 Å². The Morgan fingerprint density at radius 1 is 1.22 bits per heavy atom. The van der Waals surface area contributed by atoms with Gasteiger partial charge in [-0.2, -0.15) is 0 Å². The van der Waals surface area contributed by atoms with Crippen LogP contribution in [-0.2, 0) is 11.2 Å². The van der Waals surface area contributed by atoms with Gasteiger partial charge in [-0.3, -0.25) is 4.79 Å². The minimum absolute atomic E-state index is 0.105. The zero-order chi connectivity index (χ0) is 16.2. The number of hydrogen-bond acceptors (Lipinski definition) is 5. The first-order valence-corrected chi connectivity index (χ1v) is 7.96. The Hall–Kier alpha value is -2.37. The van der Waals surface area contributed by atoms with Crippen molar-refractivity contribution >= 4 is 11.9 Å². The van der Waals surface area contributed by atoms with Crippen LogP contribution in [-0.4, -0.2) is 48.2 Å². The molecule has 1 aromatic carbocycles. The summed E-state index contributed by atoms with van der Waals surface area (Å²) in [5.74, 6) is 0.936. The Kier molecular flexibility index (Phi) is 4.60. The van der Waals surface area contributed by atoms with E-state index in [1.165, 1.54) is 0 Å². The molecule has 3 rings (SSSR count). The van der Waals surface area contributed by atoms with Gasteiger partial charge in [0.1, 0.15) is 0 Å². The van der Waals surface area contributed by atoms with Crippen LogP contribution in [0.5, 0.6) is 0 Å². The number of benzene rings is 1. The predicted molar refractivity (Wildman–Crippen MR) is 87.2 cm³/mol. The number of hydrogen-bond donors (Lipinski definition) is 0. The Morgan fingerprint density at radius 2 is 1.91 bits per heavy atom. The van der Waals surface area contributed by atoms with E-state index < -0.39 is 0 Å². The summed E-state index contributed by atoms with van der Waals surface area (Å²) in [6.45, 7) is 1.55. The van der Waals surface area contributed by atoms with Gasteiger partial charge >= 0.3 is 6.01 Å². The first-order chi connectivity index (χ1) is 11.1. The molecule has 1 aliphatic heterocycles. The molecule has 0 N–H and O–H groups in total. The van der Waals surface area contributed by atoms with Gasteiger partial charge in [0.2, 0.25) is 11.8 Å². The van der Waals surface area contributed by atoms with Crippen molar-refractivity contribution in [3.63, 3.8) is 0 Å². The van der Waals surface area contributed by atoms with E-state index in [0.717, 1.165) is 31.5 Å². The number of carbonyl (C=O) groups excluding carboxylic acids is 1. The number of carbonyl (C=O) groups is 1. The monoisotopic (exact) mass is 314 g/mol. The second-order valence-electron chi connectivity index (χ2n) is 6.13. The van der Waals surface area contributed by atoms with Crippen LogP contribution in [0, 0.1) is 5.92 Å². The standard InChI is InChI=1S/C17H22N4O2/c1-20(2)16(22)14-8-10-21(11-9-14)17-19-18-15(23-17)12-13-6-4-3-5-7-13/h3-7,14H,8-12H2,1-2H3. The fourth-order valence-corrected chi connectivity index (χ4v) is 2.90. The second kappa shape index (κ2) is 6.81. The molecule has 0 saturated carbocycles. The summed E-state index contributed by atoms with van der Waals surface area (Å²) >= 11 is 0. The van der Waals surface area contributed by atoms with Crippen LogP contribution in [0.15, 0.2) is 34.7 Å². The van der Waals surface area contributed by atoms with E-state index in [-0.39, 0.29) is 11.8 Å². The molecule has 0 spiro atoms. The highest BCUT2D eigenvalue weighted by Crippen LogP contribution is 2.23. The smallest absolute Gasteiger partial charge is 0.318 e. The minimum atomic E-state index is 0.105. The molecule has 0 atom stereocenters. The fraction of sp³-hybridized carbons (Fsp3) is 0.471. The van der Waals surface area contributed by atoms with Crippen LogP contribution in [0.1, 0.15) is 24.3 Å². The molecule has 6 nitrogen and oxygen atoms in total. The van der Waals surface area contributed by atoms with Crippen LogP contribution in [0.2, 0.25) is 0 Å². The Balaban J connectivity index is 1.58. The molecule has 0 aliphatic carbocycles. The number of anilines is 1. The first kappa shape index (κ1) is 15.5. The summed E-state index contributed by atoms with van der Waals surface area (Å²) in [6, 6.07) is 10.6. The van der Waals surface area contributed by atoms with Crippen LogP contribution in [0.3, 0.4) is 0 Å². The number of rotatable bonds is 4. The van der Waals surface area contributed by atoms with Crippen molar-refractivity contribution in [2.75, 3.05) is 32.1 Å². The molecular weight excluding hydrogens is 292 g/mol. The Labute approximate surface area is 136 Å². The lowest BCUT2D eigenvalue weighted by Gasteiger charge is -2.31. The van der Waals surface area contributed by atoms with E-state index in [1.807, 2.05) is 44.4 Å². The number of nitrogens with zero attached hydrogens (tertiary/aromatic N) is 4. The quantitative estimate of drug-likeness (QED) is 0.863. The first-order valence-electron chi connectivity index (χ1n) is 7.96. The molecule has 1 amide bonds. The maximum Gasteiger partial charge on any atom is 0.318 e. The van der Waals surface area contributed by atoms with E-state index in [1.54, 1.807) is 4.90 Å². The molecule has 0 radical (unpaired) electrons. The van der Waals surface area contributed by atoms with Crippen LogP contribution in [0.25, 0.3) is 0 Å². The minimum Gasteiger partial charge on any atom is -0.408 e. The molecule has 23 heavy (non-hydrogen) atoms. The number of amides is 1. The van der Waals surface area contributed by atoms with Crippen molar-refractivity contribution in [2.45, 2.75) is 19.3 Å². The average molecular weight is 314 g/mol. The summed E-state index contributed by atoms with van der Waals surface area (Å²) in [7, 11) is 3.62. The normalized spacial score (nSPS) is 15.7. The Morgan fingerprint density at radius 3 is 2.57 bits per heavy atom. The summed E-state index contributed by atoms with van der Waals surface area (Å²) in [6.07, 6.45) is 2.30. The van der Waals surface area contributed by atoms with E-state index in [0.29, 0.717) is 18.3 Å². The topological polar surface area (TPSA) is 62.5 Å². The largest absolute Gasteiger partial charge is 0.408 e. The highest BCUT2D eigenvalue weighted by molar-refractivity contribution is 5.78. The van der Waals surface area contributed by atoms with E-state index in [2.05, 4.69) is 15.1 Å². The van der Waals surface area contributed by atoms with E-state index in [9.17, 15) is 4.79 Å². The molecule has 0 bridgehead atoms. The third kappa shape index (κ3) is 3.70. The summed E-state index contributed by atoms with van der Waals surface area (Å²) in [4.78, 5) is 15.7. The summed E-state index contributed by atoms with van der Waals surface area (Å²) in [5.41, 5.74) is 1.15. The molecular formula is C17H22N4O2. The van der Waals surface area contributed by atoms with Crippen LogP contribution in [0.4, 0.5) is 6.01 Å². The van der Waals surface area contributed by atoms with Crippen molar-refractivity contribution in [3.8, 4) is 0 Å². The lowest BCUT2D eigenvalue weighted by molar-refractivity contribution is -0.133. The van der Waals surface area contributed by atoms with Gasteiger partial charge in [-0.1, -0.05) is 35.4 Å².